The van der Waals surface area contributed by atoms with Crippen molar-refractivity contribution in [2.24, 2.45) is 0 Å². The fourth-order valence-electron chi connectivity index (χ4n) is 8.65. The highest BCUT2D eigenvalue weighted by molar-refractivity contribution is 6.28. The molecule has 0 atom stereocenters. The summed E-state index contributed by atoms with van der Waals surface area (Å²) in [7, 11) is 0. The summed E-state index contributed by atoms with van der Waals surface area (Å²) in [6.07, 6.45) is 0. The summed E-state index contributed by atoms with van der Waals surface area (Å²) in [5, 5.41) is 11.5. The summed E-state index contributed by atoms with van der Waals surface area (Å²) >= 11 is 0. The van der Waals surface area contributed by atoms with E-state index in [1.54, 1.807) is 0 Å². The van der Waals surface area contributed by atoms with Crippen molar-refractivity contribution in [3.05, 3.63) is 164 Å². The molecule has 0 saturated carbocycles. The third kappa shape index (κ3) is 4.09. The van der Waals surface area contributed by atoms with Crippen molar-refractivity contribution in [3.63, 3.8) is 0 Å². The highest BCUT2D eigenvalue weighted by atomic mass is 16.3. The van der Waals surface area contributed by atoms with Gasteiger partial charge in [0.2, 0.25) is 0 Å². The molecule has 1 aliphatic rings. The summed E-state index contributed by atoms with van der Waals surface area (Å²) in [5.41, 5.74) is 9.35. The van der Waals surface area contributed by atoms with Gasteiger partial charge in [-0.1, -0.05) is 140 Å². The molecule has 4 nitrogen and oxygen atoms in total. The summed E-state index contributed by atoms with van der Waals surface area (Å²) in [6, 6.07) is 57.8. The third-order valence-corrected chi connectivity index (χ3v) is 11.0. The minimum absolute atomic E-state index is 0.571. The number of fused-ring (bicyclic) bond motifs is 11. The first-order chi connectivity index (χ1) is 26.3. The average Bonchev–Trinajstić information content (AvgIpc) is 3.76. The third-order valence-electron chi connectivity index (χ3n) is 11.0. The van der Waals surface area contributed by atoms with Crippen LogP contribution in [0.25, 0.3) is 121 Å². The molecule has 244 valence electrons. The normalized spacial score (nSPS) is 12.2. The smallest absolute Gasteiger partial charge is 0.167 e. The van der Waals surface area contributed by atoms with Crippen LogP contribution >= 0.6 is 0 Å². The van der Waals surface area contributed by atoms with Gasteiger partial charge in [-0.25, -0.2) is 15.0 Å². The second kappa shape index (κ2) is 10.7. The number of nitrogens with zero attached hydrogens (tertiary/aromatic N) is 3. The van der Waals surface area contributed by atoms with E-state index in [4.69, 9.17) is 19.4 Å². The van der Waals surface area contributed by atoms with Crippen molar-refractivity contribution in [3.8, 4) is 56.4 Å². The van der Waals surface area contributed by atoms with E-state index in [0.29, 0.717) is 17.5 Å². The van der Waals surface area contributed by atoms with Crippen molar-refractivity contribution in [1.29, 1.82) is 0 Å². The quantitative estimate of drug-likeness (QED) is 0.175. The maximum Gasteiger partial charge on any atom is 0.167 e. The Balaban J connectivity index is 1.16. The van der Waals surface area contributed by atoms with Crippen molar-refractivity contribution in [2.45, 2.75) is 0 Å². The van der Waals surface area contributed by atoms with Crippen molar-refractivity contribution >= 4 is 65.0 Å². The van der Waals surface area contributed by atoms with Gasteiger partial charge in [-0.05, 0) is 84.0 Å². The molecule has 0 aliphatic heterocycles. The topological polar surface area (TPSA) is 51.8 Å². The second-order valence-electron chi connectivity index (χ2n) is 13.9. The van der Waals surface area contributed by atoms with Crippen LogP contribution in [0.1, 0.15) is 0 Å². The van der Waals surface area contributed by atoms with Gasteiger partial charge in [0, 0.05) is 27.5 Å². The van der Waals surface area contributed by atoms with Crippen molar-refractivity contribution in [1.82, 2.24) is 15.0 Å². The number of furan rings is 1. The minimum atomic E-state index is 0.571. The fourth-order valence-corrected chi connectivity index (χ4v) is 8.65. The summed E-state index contributed by atoms with van der Waals surface area (Å²) in [6.45, 7) is 0. The predicted molar refractivity (Wildman–Crippen MR) is 218 cm³/mol. The Morgan fingerprint density at radius 1 is 0.340 bits per heavy atom. The molecule has 0 spiro atoms. The van der Waals surface area contributed by atoms with E-state index < -0.39 is 0 Å². The number of aromatic nitrogens is 3. The maximum absolute atomic E-state index is 6.90. The molecule has 53 heavy (non-hydrogen) atoms. The lowest BCUT2D eigenvalue weighted by Gasteiger charge is -2.13. The molecule has 4 heteroatoms. The standard InChI is InChI=1S/C49H27N3O/c1-2-12-29-25-32(24-23-28(29)11-1)47-50-48(52-49(51-47)41-26-30-13-3-4-15-33(30)34-16-5-6-17-35(34)41)40-22-10-21-39-44-42(53-46(39)40)27-31-14-9-20-37-36-18-7-8-19-38(36)45(44)43(31)37/h1-27H. The van der Waals surface area contributed by atoms with E-state index in [1.807, 2.05) is 0 Å². The SMILES string of the molecule is c1ccc2c(c1)-c1cccc3cc4oc5c(-c6nc(-c7ccc8ccccc8c7)nc(-c7cc8ccccc8c8ccccc78)n6)cccc5c4c-2c13. The zero-order valence-corrected chi connectivity index (χ0v) is 28.3. The predicted octanol–water partition coefficient (Wildman–Crippen LogP) is 13.0. The lowest BCUT2D eigenvalue weighted by atomic mass is 9.96. The van der Waals surface area contributed by atoms with Gasteiger partial charge in [0.1, 0.15) is 11.2 Å². The van der Waals surface area contributed by atoms with Gasteiger partial charge in [0.15, 0.2) is 17.5 Å². The Hall–Kier alpha value is -7.17. The first kappa shape index (κ1) is 28.5. The molecule has 1 aliphatic carbocycles. The fraction of sp³-hybridized carbons (Fsp3) is 0. The van der Waals surface area contributed by atoms with Crippen LogP contribution in [0.15, 0.2) is 168 Å². The number of benzene rings is 9. The van der Waals surface area contributed by atoms with Gasteiger partial charge < -0.3 is 4.42 Å². The first-order valence-corrected chi connectivity index (χ1v) is 17.9. The summed E-state index contributed by atoms with van der Waals surface area (Å²) in [5.74, 6) is 1.81. The molecule has 0 N–H and O–H groups in total. The van der Waals surface area contributed by atoms with E-state index >= 15 is 0 Å². The molecule has 11 aromatic rings. The Labute approximate surface area is 303 Å². The van der Waals surface area contributed by atoms with Gasteiger partial charge in [-0.15, -0.1) is 0 Å². The van der Waals surface area contributed by atoms with Gasteiger partial charge >= 0.3 is 0 Å². The van der Waals surface area contributed by atoms with Crippen LogP contribution in [0.2, 0.25) is 0 Å². The van der Waals surface area contributed by atoms with Gasteiger partial charge in [-0.2, -0.15) is 0 Å². The van der Waals surface area contributed by atoms with Gasteiger partial charge in [0.05, 0.1) is 5.56 Å². The molecule has 0 unspecified atom stereocenters. The lowest BCUT2D eigenvalue weighted by molar-refractivity contribution is 0.670. The molecular weight excluding hydrogens is 647 g/mol. The molecule has 2 heterocycles. The van der Waals surface area contributed by atoms with Gasteiger partial charge in [-0.3, -0.25) is 0 Å². The molecule has 0 bridgehead atoms. The minimum Gasteiger partial charge on any atom is -0.455 e. The first-order valence-electron chi connectivity index (χ1n) is 17.9. The van der Waals surface area contributed by atoms with Crippen LogP contribution in [0.5, 0.6) is 0 Å². The number of rotatable bonds is 3. The molecule has 0 fully saturated rings. The van der Waals surface area contributed by atoms with Crippen LogP contribution in [0.4, 0.5) is 0 Å². The number of hydrogen-bond acceptors (Lipinski definition) is 4. The highest BCUT2D eigenvalue weighted by Gasteiger charge is 2.27. The molecule has 0 amide bonds. The monoisotopic (exact) mass is 673 g/mol. The average molecular weight is 674 g/mol. The Morgan fingerprint density at radius 2 is 0.962 bits per heavy atom. The molecule has 2 aromatic heterocycles. The molecule has 0 saturated heterocycles. The largest absolute Gasteiger partial charge is 0.455 e. The number of hydrogen-bond donors (Lipinski definition) is 0. The van der Waals surface area contributed by atoms with Crippen LogP contribution in [0.3, 0.4) is 0 Å². The lowest BCUT2D eigenvalue weighted by Crippen LogP contribution is -2.01. The molecule has 9 aromatic carbocycles. The molecule has 12 rings (SSSR count). The number of para-hydroxylation sites is 1. The Kier molecular flexibility index (Phi) is 5.74. The van der Waals surface area contributed by atoms with E-state index in [9.17, 15) is 0 Å². The Morgan fingerprint density at radius 3 is 1.85 bits per heavy atom. The molecular formula is C49H27N3O. The summed E-state index contributed by atoms with van der Waals surface area (Å²) < 4.78 is 6.90. The van der Waals surface area contributed by atoms with E-state index in [1.165, 1.54) is 49.2 Å². The van der Waals surface area contributed by atoms with Crippen LogP contribution < -0.4 is 0 Å². The van der Waals surface area contributed by atoms with E-state index in [2.05, 4.69) is 164 Å². The highest BCUT2D eigenvalue weighted by Crippen LogP contribution is 2.52. The van der Waals surface area contributed by atoms with Crippen LogP contribution in [-0.4, -0.2) is 15.0 Å². The van der Waals surface area contributed by atoms with Crippen LogP contribution in [-0.2, 0) is 0 Å². The Bertz CT molecular complexity index is 3360. The summed E-state index contributed by atoms with van der Waals surface area (Å²) in [4.78, 5) is 15.8. The van der Waals surface area contributed by atoms with E-state index in [0.717, 1.165) is 54.8 Å². The van der Waals surface area contributed by atoms with E-state index in [-0.39, 0.29) is 0 Å². The van der Waals surface area contributed by atoms with Crippen LogP contribution in [0, 0.1) is 0 Å². The van der Waals surface area contributed by atoms with Crippen molar-refractivity contribution in [2.75, 3.05) is 0 Å². The zero-order valence-electron chi connectivity index (χ0n) is 28.3. The molecule has 0 radical (unpaired) electrons. The van der Waals surface area contributed by atoms with Crippen molar-refractivity contribution < 1.29 is 4.42 Å². The van der Waals surface area contributed by atoms with Gasteiger partial charge in [0.25, 0.3) is 0 Å². The zero-order chi connectivity index (χ0) is 34.6. The second-order valence-corrected chi connectivity index (χ2v) is 13.9. The maximum atomic E-state index is 6.90.